The van der Waals surface area contributed by atoms with Gasteiger partial charge >= 0.3 is 0 Å². The van der Waals surface area contributed by atoms with E-state index in [1.807, 2.05) is 37.3 Å². The second-order valence-corrected chi connectivity index (χ2v) is 5.91. The van der Waals surface area contributed by atoms with Gasteiger partial charge in [-0.3, -0.25) is 0 Å². The number of hydrogen-bond acceptors (Lipinski definition) is 4. The lowest BCUT2D eigenvalue weighted by molar-refractivity contribution is 0.928. The van der Waals surface area contributed by atoms with Crippen molar-refractivity contribution in [3.63, 3.8) is 0 Å². The number of rotatable bonds is 6. The van der Waals surface area contributed by atoms with Gasteiger partial charge in [0.2, 0.25) is 0 Å². The summed E-state index contributed by atoms with van der Waals surface area (Å²) in [6, 6.07) is 9.91. The zero-order chi connectivity index (χ0) is 14.4. The number of benzene rings is 1. The van der Waals surface area contributed by atoms with Crippen molar-refractivity contribution < 1.29 is 0 Å². The Kier molecular flexibility index (Phi) is 5.68. The summed E-state index contributed by atoms with van der Waals surface area (Å²) in [6.07, 6.45) is 1.08. The summed E-state index contributed by atoms with van der Waals surface area (Å²) in [4.78, 5) is 8.85. The fourth-order valence-electron chi connectivity index (χ4n) is 1.70. The third-order valence-corrected chi connectivity index (χ3v) is 3.91. The van der Waals surface area contributed by atoms with E-state index in [1.165, 1.54) is 5.56 Å². The molecule has 0 aliphatic heterocycles. The van der Waals surface area contributed by atoms with Crippen LogP contribution in [0.5, 0.6) is 0 Å². The standard InChI is InChI=1S/C15H18ClN3S/c1-3-8-17-14-9-15(19-11(2)18-14)20-10-12-4-6-13(16)7-5-12/h4-7,9H,3,8,10H2,1-2H3,(H,17,18,19). The Bertz CT molecular complexity index is 558. The predicted octanol–water partition coefficient (Wildman–Crippen LogP) is 4.55. The maximum atomic E-state index is 5.88. The normalized spacial score (nSPS) is 10.6. The molecule has 0 bridgehead atoms. The van der Waals surface area contributed by atoms with Gasteiger partial charge in [0, 0.05) is 23.4 Å². The molecule has 0 unspecified atom stereocenters. The molecule has 0 atom stereocenters. The summed E-state index contributed by atoms with van der Waals surface area (Å²) in [5, 5.41) is 5.06. The maximum Gasteiger partial charge on any atom is 0.130 e. The Morgan fingerprint density at radius 3 is 2.65 bits per heavy atom. The van der Waals surface area contributed by atoms with Crippen LogP contribution >= 0.6 is 23.4 Å². The van der Waals surface area contributed by atoms with E-state index < -0.39 is 0 Å². The number of nitrogens with one attached hydrogen (secondary N) is 1. The van der Waals surface area contributed by atoms with Crippen LogP contribution in [0.2, 0.25) is 5.02 Å². The van der Waals surface area contributed by atoms with E-state index in [4.69, 9.17) is 11.6 Å². The highest BCUT2D eigenvalue weighted by atomic mass is 35.5. The average molecular weight is 308 g/mol. The average Bonchev–Trinajstić information content (AvgIpc) is 2.44. The van der Waals surface area contributed by atoms with E-state index in [-0.39, 0.29) is 0 Å². The Morgan fingerprint density at radius 1 is 1.20 bits per heavy atom. The summed E-state index contributed by atoms with van der Waals surface area (Å²) in [5.41, 5.74) is 1.23. The summed E-state index contributed by atoms with van der Waals surface area (Å²) < 4.78 is 0. The number of hydrogen-bond donors (Lipinski definition) is 1. The molecule has 2 rings (SSSR count). The van der Waals surface area contributed by atoms with E-state index in [9.17, 15) is 0 Å². The summed E-state index contributed by atoms with van der Waals surface area (Å²) in [6.45, 7) is 4.98. The fraction of sp³-hybridized carbons (Fsp3) is 0.333. The van der Waals surface area contributed by atoms with Crippen LogP contribution in [0.1, 0.15) is 24.7 Å². The highest BCUT2D eigenvalue weighted by molar-refractivity contribution is 7.98. The van der Waals surface area contributed by atoms with Crippen LogP contribution in [0.25, 0.3) is 0 Å². The first-order chi connectivity index (χ1) is 9.67. The Morgan fingerprint density at radius 2 is 1.95 bits per heavy atom. The minimum absolute atomic E-state index is 0.766. The van der Waals surface area contributed by atoms with Gasteiger partial charge in [-0.1, -0.05) is 30.7 Å². The Labute approximate surface area is 129 Å². The second kappa shape index (κ2) is 7.50. The molecule has 0 radical (unpaired) electrons. The molecule has 106 valence electrons. The molecule has 1 N–H and O–H groups in total. The third kappa shape index (κ3) is 4.69. The SMILES string of the molecule is CCCNc1cc(SCc2ccc(Cl)cc2)nc(C)n1. The number of anilines is 1. The van der Waals surface area contributed by atoms with Crippen LogP contribution in [0.4, 0.5) is 5.82 Å². The first-order valence-electron chi connectivity index (χ1n) is 6.64. The number of nitrogens with zero attached hydrogens (tertiary/aromatic N) is 2. The molecular formula is C15H18ClN3S. The fourth-order valence-corrected chi connectivity index (χ4v) is 2.72. The lowest BCUT2D eigenvalue weighted by Gasteiger charge is -2.07. The molecule has 5 heteroatoms. The van der Waals surface area contributed by atoms with Crippen LogP contribution in [0, 0.1) is 6.92 Å². The van der Waals surface area contributed by atoms with Crippen molar-refractivity contribution in [1.82, 2.24) is 9.97 Å². The number of thioether (sulfide) groups is 1. The van der Waals surface area contributed by atoms with E-state index in [1.54, 1.807) is 11.8 Å². The second-order valence-electron chi connectivity index (χ2n) is 4.48. The Hall–Kier alpha value is -1.26. The van der Waals surface area contributed by atoms with Gasteiger partial charge in [-0.25, -0.2) is 9.97 Å². The van der Waals surface area contributed by atoms with Gasteiger partial charge in [0.1, 0.15) is 16.7 Å². The number of aryl methyl sites for hydroxylation is 1. The number of halogens is 1. The lowest BCUT2D eigenvalue weighted by Crippen LogP contribution is -2.04. The molecule has 2 aromatic rings. The molecule has 0 amide bonds. The summed E-state index contributed by atoms with van der Waals surface area (Å²) in [7, 11) is 0. The van der Waals surface area contributed by atoms with Crippen LogP contribution in [0.15, 0.2) is 35.4 Å². The molecule has 0 spiro atoms. The number of aromatic nitrogens is 2. The summed E-state index contributed by atoms with van der Waals surface area (Å²) >= 11 is 7.59. The molecule has 1 aromatic carbocycles. The van der Waals surface area contributed by atoms with Crippen molar-refractivity contribution in [1.29, 1.82) is 0 Å². The monoisotopic (exact) mass is 307 g/mol. The van der Waals surface area contributed by atoms with Gasteiger partial charge in [-0.15, -0.1) is 11.8 Å². The van der Waals surface area contributed by atoms with Crippen LogP contribution in [-0.2, 0) is 5.75 Å². The van der Waals surface area contributed by atoms with Gasteiger partial charge in [0.25, 0.3) is 0 Å². The topological polar surface area (TPSA) is 37.8 Å². The first-order valence-corrected chi connectivity index (χ1v) is 8.00. The van der Waals surface area contributed by atoms with Crippen molar-refractivity contribution >= 4 is 29.2 Å². The largest absolute Gasteiger partial charge is 0.370 e. The van der Waals surface area contributed by atoms with Crippen molar-refractivity contribution in [3.8, 4) is 0 Å². The minimum atomic E-state index is 0.766. The van der Waals surface area contributed by atoms with Gasteiger partial charge < -0.3 is 5.32 Å². The van der Waals surface area contributed by atoms with Crippen LogP contribution in [-0.4, -0.2) is 16.5 Å². The smallest absolute Gasteiger partial charge is 0.130 e. The molecule has 0 fully saturated rings. The molecule has 0 aliphatic rings. The molecule has 0 saturated carbocycles. The van der Waals surface area contributed by atoms with E-state index in [0.717, 1.165) is 40.4 Å². The molecule has 3 nitrogen and oxygen atoms in total. The molecule has 20 heavy (non-hydrogen) atoms. The lowest BCUT2D eigenvalue weighted by atomic mass is 10.2. The van der Waals surface area contributed by atoms with Crippen LogP contribution in [0.3, 0.4) is 0 Å². The van der Waals surface area contributed by atoms with Crippen molar-refractivity contribution in [2.45, 2.75) is 31.0 Å². The van der Waals surface area contributed by atoms with Crippen molar-refractivity contribution in [3.05, 3.63) is 46.7 Å². The van der Waals surface area contributed by atoms with Gasteiger partial charge in [-0.2, -0.15) is 0 Å². The zero-order valence-corrected chi connectivity index (χ0v) is 13.3. The summed E-state index contributed by atoms with van der Waals surface area (Å²) in [5.74, 6) is 2.57. The molecule has 0 aliphatic carbocycles. The van der Waals surface area contributed by atoms with E-state index >= 15 is 0 Å². The molecule has 1 aromatic heterocycles. The van der Waals surface area contributed by atoms with Crippen LogP contribution < -0.4 is 5.32 Å². The van der Waals surface area contributed by atoms with E-state index in [0.29, 0.717) is 0 Å². The maximum absolute atomic E-state index is 5.88. The highest BCUT2D eigenvalue weighted by Crippen LogP contribution is 2.23. The van der Waals surface area contributed by atoms with Gasteiger partial charge in [0.05, 0.1) is 0 Å². The quantitative estimate of drug-likeness (QED) is 0.627. The predicted molar refractivity (Wildman–Crippen MR) is 86.6 cm³/mol. The Balaban J connectivity index is 2.01. The third-order valence-electron chi connectivity index (χ3n) is 2.67. The molecular weight excluding hydrogens is 290 g/mol. The molecule has 0 saturated heterocycles. The van der Waals surface area contributed by atoms with Crippen molar-refractivity contribution in [2.75, 3.05) is 11.9 Å². The highest BCUT2D eigenvalue weighted by Gasteiger charge is 2.03. The van der Waals surface area contributed by atoms with E-state index in [2.05, 4.69) is 22.2 Å². The molecule has 1 heterocycles. The van der Waals surface area contributed by atoms with Crippen molar-refractivity contribution in [2.24, 2.45) is 0 Å². The zero-order valence-electron chi connectivity index (χ0n) is 11.7. The van der Waals surface area contributed by atoms with Gasteiger partial charge in [-0.05, 0) is 31.0 Å². The van der Waals surface area contributed by atoms with Gasteiger partial charge in [0.15, 0.2) is 0 Å². The minimum Gasteiger partial charge on any atom is -0.370 e. The first kappa shape index (κ1) is 15.1.